The first-order valence-electron chi connectivity index (χ1n) is 11.1. The number of pyridine rings is 1. The largest absolute Gasteiger partial charge is 0.472 e. The van der Waals surface area contributed by atoms with Crippen molar-refractivity contribution in [2.24, 2.45) is 17.8 Å². The molecule has 0 radical (unpaired) electrons. The summed E-state index contributed by atoms with van der Waals surface area (Å²) < 4.78 is 34.7. The van der Waals surface area contributed by atoms with Gasteiger partial charge in [-0.25, -0.2) is 23.7 Å². The maximum Gasteiger partial charge on any atom is 0.191 e. The van der Waals surface area contributed by atoms with E-state index in [0.29, 0.717) is 45.7 Å². The minimum absolute atomic E-state index is 0.151. The topological polar surface area (TPSA) is 79.6 Å². The van der Waals surface area contributed by atoms with Crippen molar-refractivity contribution in [3.8, 4) is 22.6 Å². The van der Waals surface area contributed by atoms with E-state index in [1.165, 1.54) is 31.4 Å². The number of hydrogen-bond donors (Lipinski definition) is 2. The number of rotatable bonds is 4. The maximum atomic E-state index is 15.7. The molecule has 0 amide bonds. The van der Waals surface area contributed by atoms with Gasteiger partial charge in [0.05, 0.1) is 18.7 Å². The van der Waals surface area contributed by atoms with Crippen LogP contribution >= 0.6 is 0 Å². The van der Waals surface area contributed by atoms with E-state index in [2.05, 4.69) is 32.2 Å². The van der Waals surface area contributed by atoms with Gasteiger partial charge in [0.15, 0.2) is 17.5 Å². The molecule has 2 N–H and O–H groups in total. The van der Waals surface area contributed by atoms with Crippen LogP contribution in [0.2, 0.25) is 0 Å². The fourth-order valence-electron chi connectivity index (χ4n) is 5.58. The average molecular weight is 435 g/mol. The molecule has 3 aliphatic rings. The van der Waals surface area contributed by atoms with Crippen molar-refractivity contribution in [3.63, 3.8) is 0 Å². The van der Waals surface area contributed by atoms with E-state index < -0.39 is 11.6 Å². The van der Waals surface area contributed by atoms with Gasteiger partial charge in [-0.05, 0) is 55.6 Å². The van der Waals surface area contributed by atoms with Gasteiger partial charge in [0, 0.05) is 28.8 Å². The van der Waals surface area contributed by atoms with Crippen LogP contribution in [0.3, 0.4) is 0 Å². The predicted octanol–water partition coefficient (Wildman–Crippen LogP) is 5.79. The third-order valence-corrected chi connectivity index (χ3v) is 7.32. The molecule has 0 aliphatic heterocycles. The van der Waals surface area contributed by atoms with Crippen LogP contribution in [0.15, 0.2) is 41.5 Å². The summed E-state index contributed by atoms with van der Waals surface area (Å²) in [4.78, 5) is 16.2. The Kier molecular flexibility index (Phi) is 4.48. The normalized spacial score (nSPS) is 24.8. The molecule has 7 rings (SSSR count). The lowest BCUT2D eigenvalue weighted by Crippen LogP contribution is -2.47. The number of nitrogens with zero attached hydrogens (tertiary/aromatic N) is 3. The Labute approximate surface area is 183 Å². The zero-order valence-corrected chi connectivity index (χ0v) is 17.6. The van der Waals surface area contributed by atoms with E-state index in [1.54, 1.807) is 12.3 Å². The molecule has 164 valence electrons. The summed E-state index contributed by atoms with van der Waals surface area (Å²) in [5, 5.41) is 3.98. The van der Waals surface area contributed by atoms with Crippen LogP contribution in [0, 0.1) is 29.4 Å². The number of aromatic nitrogens is 4. The van der Waals surface area contributed by atoms with Crippen LogP contribution < -0.4 is 5.32 Å². The Hall–Kier alpha value is -3.29. The molecule has 0 aromatic carbocycles. The molecule has 3 aliphatic carbocycles. The zero-order chi connectivity index (χ0) is 21.8. The lowest BCUT2D eigenvalue weighted by Gasteiger charge is -2.47. The highest BCUT2D eigenvalue weighted by molar-refractivity contribution is 5.92. The van der Waals surface area contributed by atoms with Crippen molar-refractivity contribution in [1.82, 2.24) is 19.9 Å². The SMILES string of the molecule is CC1C2CCC(CC2)C1Nc1nc(-c2c[nH]c3ncc(F)cc23)nc(-c2ccoc2)c1F. The molecule has 4 aromatic rings. The summed E-state index contributed by atoms with van der Waals surface area (Å²) in [6.07, 6.45) is 10.6. The van der Waals surface area contributed by atoms with E-state index in [4.69, 9.17) is 4.42 Å². The third kappa shape index (κ3) is 3.08. The lowest BCUT2D eigenvalue weighted by atomic mass is 9.62. The number of nitrogens with one attached hydrogen (secondary N) is 2. The standard InChI is InChI=1S/C24H23F2N5O/c1-12-13-2-4-14(5-3-13)20(12)29-24-19(26)21(15-6-7-32-11-15)30-23(31-24)18-10-28-22-17(18)8-16(25)9-27-22/h6-14,20H,2-5H2,1H3,(H,27,28)(H,29,30,31). The second kappa shape index (κ2) is 7.39. The molecule has 6 nitrogen and oxygen atoms in total. The van der Waals surface area contributed by atoms with Crippen molar-refractivity contribution in [3.05, 3.63) is 48.7 Å². The molecule has 2 atom stereocenters. The first kappa shape index (κ1) is 19.4. The first-order valence-corrected chi connectivity index (χ1v) is 11.1. The Balaban J connectivity index is 1.48. The van der Waals surface area contributed by atoms with Gasteiger partial charge >= 0.3 is 0 Å². The fourth-order valence-corrected chi connectivity index (χ4v) is 5.58. The van der Waals surface area contributed by atoms with Gasteiger partial charge in [0.2, 0.25) is 0 Å². The van der Waals surface area contributed by atoms with Crippen LogP contribution in [0.1, 0.15) is 32.6 Å². The van der Waals surface area contributed by atoms with Crippen molar-refractivity contribution in [2.75, 3.05) is 5.32 Å². The summed E-state index contributed by atoms with van der Waals surface area (Å²) in [7, 11) is 0. The molecule has 2 bridgehead atoms. The highest BCUT2D eigenvalue weighted by atomic mass is 19.1. The molecule has 4 heterocycles. The van der Waals surface area contributed by atoms with Crippen LogP contribution in [-0.4, -0.2) is 26.0 Å². The molecule has 0 saturated heterocycles. The summed E-state index contributed by atoms with van der Waals surface area (Å²) in [6.45, 7) is 2.25. The van der Waals surface area contributed by atoms with E-state index in [0.717, 1.165) is 19.0 Å². The molecule has 3 saturated carbocycles. The molecule has 0 spiro atoms. The second-order valence-corrected chi connectivity index (χ2v) is 9.03. The van der Waals surface area contributed by atoms with Crippen molar-refractivity contribution in [1.29, 1.82) is 0 Å². The van der Waals surface area contributed by atoms with Gasteiger partial charge in [-0.2, -0.15) is 0 Å². The Bertz CT molecular complexity index is 1280. The second-order valence-electron chi connectivity index (χ2n) is 9.03. The summed E-state index contributed by atoms with van der Waals surface area (Å²) in [5.41, 5.74) is 1.76. The van der Waals surface area contributed by atoms with Crippen LogP contribution in [0.25, 0.3) is 33.7 Å². The van der Waals surface area contributed by atoms with Crippen LogP contribution in [-0.2, 0) is 0 Å². The Morgan fingerprint density at radius 1 is 1.12 bits per heavy atom. The molecule has 3 fully saturated rings. The number of fused-ring (bicyclic) bond motifs is 4. The smallest absolute Gasteiger partial charge is 0.191 e. The number of H-pyrrole nitrogens is 1. The van der Waals surface area contributed by atoms with Gasteiger partial charge in [-0.1, -0.05) is 6.92 Å². The minimum Gasteiger partial charge on any atom is -0.472 e. The molecular weight excluding hydrogens is 412 g/mol. The summed E-state index contributed by atoms with van der Waals surface area (Å²) >= 11 is 0. The van der Waals surface area contributed by atoms with E-state index in [9.17, 15) is 4.39 Å². The molecule has 32 heavy (non-hydrogen) atoms. The predicted molar refractivity (Wildman–Crippen MR) is 117 cm³/mol. The molecule has 4 aromatic heterocycles. The monoisotopic (exact) mass is 435 g/mol. The van der Waals surface area contributed by atoms with Gasteiger partial charge in [-0.15, -0.1) is 0 Å². The van der Waals surface area contributed by atoms with E-state index >= 15 is 4.39 Å². The van der Waals surface area contributed by atoms with Crippen molar-refractivity contribution in [2.45, 2.75) is 38.6 Å². The Morgan fingerprint density at radius 2 is 1.94 bits per heavy atom. The highest BCUT2D eigenvalue weighted by Gasteiger charge is 2.41. The third-order valence-electron chi connectivity index (χ3n) is 7.32. The van der Waals surface area contributed by atoms with Gasteiger partial charge in [-0.3, -0.25) is 0 Å². The summed E-state index contributed by atoms with van der Waals surface area (Å²) in [6, 6.07) is 3.22. The van der Waals surface area contributed by atoms with E-state index in [1.807, 2.05) is 0 Å². The maximum absolute atomic E-state index is 15.7. The number of furan rings is 1. The minimum atomic E-state index is -0.507. The molecule has 2 unspecified atom stereocenters. The lowest BCUT2D eigenvalue weighted by molar-refractivity contribution is 0.0926. The highest BCUT2D eigenvalue weighted by Crippen LogP contribution is 2.46. The van der Waals surface area contributed by atoms with Crippen LogP contribution in [0.4, 0.5) is 14.6 Å². The quantitative estimate of drug-likeness (QED) is 0.424. The number of aromatic amines is 1. The van der Waals surface area contributed by atoms with E-state index in [-0.39, 0.29) is 17.6 Å². The number of anilines is 1. The van der Waals surface area contributed by atoms with Crippen LogP contribution in [0.5, 0.6) is 0 Å². The zero-order valence-electron chi connectivity index (χ0n) is 17.6. The van der Waals surface area contributed by atoms with Gasteiger partial charge in [0.1, 0.15) is 17.2 Å². The number of hydrogen-bond acceptors (Lipinski definition) is 5. The number of halogens is 2. The first-order chi connectivity index (χ1) is 15.6. The van der Waals surface area contributed by atoms with Gasteiger partial charge < -0.3 is 14.7 Å². The van der Waals surface area contributed by atoms with Crippen molar-refractivity contribution >= 4 is 16.9 Å². The summed E-state index contributed by atoms with van der Waals surface area (Å²) in [5.74, 6) is 1.14. The molecular formula is C24H23F2N5O. The fraction of sp³-hybridized carbons (Fsp3) is 0.375. The van der Waals surface area contributed by atoms with Crippen molar-refractivity contribution < 1.29 is 13.2 Å². The van der Waals surface area contributed by atoms with Gasteiger partial charge in [0.25, 0.3) is 0 Å². The average Bonchev–Trinajstić information content (AvgIpc) is 3.48. The molecule has 8 heteroatoms. The Morgan fingerprint density at radius 3 is 2.69 bits per heavy atom.